The summed E-state index contributed by atoms with van der Waals surface area (Å²) in [5, 5.41) is 13.9. The Morgan fingerprint density at radius 3 is 2.28 bits per heavy atom. The van der Waals surface area contributed by atoms with Crippen LogP contribution >= 0.6 is 0 Å². The Hall–Kier alpha value is -4.74. The molecule has 0 radical (unpaired) electrons. The largest absolute Gasteiger partial charge is 0.496 e. The molecular weight excluding hydrogens is 508 g/mol. The topological polar surface area (TPSA) is 162 Å². The minimum Gasteiger partial charge on any atom is -0.496 e. The van der Waals surface area contributed by atoms with E-state index in [0.717, 1.165) is 16.0 Å². The van der Waals surface area contributed by atoms with Crippen LogP contribution in [0.15, 0.2) is 36.4 Å². The van der Waals surface area contributed by atoms with Crippen LogP contribution < -0.4 is 25.2 Å². The van der Waals surface area contributed by atoms with Gasteiger partial charge in [0, 0.05) is 12.5 Å². The number of carbonyl (C=O) groups excluding carboxylic acids is 5. The van der Waals surface area contributed by atoms with Gasteiger partial charge in [-0.3, -0.25) is 28.9 Å². The molecule has 3 N–H and O–H groups in total. The lowest BCUT2D eigenvalue weighted by molar-refractivity contribution is -0.139. The highest BCUT2D eigenvalue weighted by Crippen LogP contribution is 2.33. The number of carboxylic acid groups (broad SMARTS) is 1. The Bertz CT molecular complexity index is 1300. The second-order valence-corrected chi connectivity index (χ2v) is 9.12. The number of nitrogens with zero attached hydrogens (tertiary/aromatic N) is 2. The minimum atomic E-state index is -1.29. The van der Waals surface area contributed by atoms with Gasteiger partial charge in [0.15, 0.2) is 0 Å². The zero-order valence-electron chi connectivity index (χ0n) is 22.0. The predicted molar refractivity (Wildman–Crippen MR) is 141 cm³/mol. The molecular formula is C27H30N4O8. The van der Waals surface area contributed by atoms with Gasteiger partial charge in [-0.2, -0.15) is 0 Å². The summed E-state index contributed by atoms with van der Waals surface area (Å²) in [7, 11) is 1.52. The highest BCUT2D eigenvalue weighted by molar-refractivity contribution is 6.10. The molecule has 2 aromatic rings. The standard InChI is InChI=1S/C27H30N4O8/c1-15-9-18(10-16(2)25(15)39-4)26(37)29-20-12-30(17(3)33)21-7-5-6-8-22(21)31(27(20)38)13-23(34)28-19(14-32)11-24(35)36/h5-10,14,19-20H,11-13H2,1-4H3,(H,28,34)(H,29,37)(H,35,36). The molecule has 0 fully saturated rings. The Kier molecular flexibility index (Phi) is 9.02. The maximum Gasteiger partial charge on any atom is 0.305 e. The van der Waals surface area contributed by atoms with E-state index in [-0.39, 0.29) is 23.7 Å². The molecule has 0 aliphatic carbocycles. The molecule has 2 aromatic carbocycles. The third kappa shape index (κ3) is 6.58. The van der Waals surface area contributed by atoms with Crippen LogP contribution in [-0.2, 0) is 24.0 Å². The average Bonchev–Trinajstić information content (AvgIpc) is 2.98. The smallest absolute Gasteiger partial charge is 0.305 e. The number of carboxylic acids is 1. The third-order valence-corrected chi connectivity index (χ3v) is 6.21. The predicted octanol–water partition coefficient (Wildman–Crippen LogP) is 0.969. The first-order valence-electron chi connectivity index (χ1n) is 12.1. The number of nitrogens with one attached hydrogen (secondary N) is 2. The molecule has 12 nitrogen and oxygen atoms in total. The summed E-state index contributed by atoms with van der Waals surface area (Å²) < 4.78 is 5.35. The molecule has 3 rings (SSSR count). The number of para-hydroxylation sites is 2. The van der Waals surface area contributed by atoms with Gasteiger partial charge in [-0.05, 0) is 49.2 Å². The first-order chi connectivity index (χ1) is 18.5. The fourth-order valence-corrected chi connectivity index (χ4v) is 4.52. The van der Waals surface area contributed by atoms with Gasteiger partial charge in [-0.25, -0.2) is 0 Å². The van der Waals surface area contributed by atoms with Crippen molar-refractivity contribution in [2.24, 2.45) is 0 Å². The van der Waals surface area contributed by atoms with Crippen molar-refractivity contribution in [3.63, 3.8) is 0 Å². The number of carbonyl (C=O) groups is 6. The zero-order chi connectivity index (χ0) is 28.9. The van der Waals surface area contributed by atoms with E-state index in [4.69, 9.17) is 9.84 Å². The number of rotatable bonds is 9. The molecule has 1 aliphatic rings. The zero-order valence-corrected chi connectivity index (χ0v) is 22.0. The third-order valence-electron chi connectivity index (χ3n) is 6.21. The van der Waals surface area contributed by atoms with E-state index in [0.29, 0.717) is 17.7 Å². The molecule has 2 atom stereocenters. The van der Waals surface area contributed by atoms with E-state index in [9.17, 15) is 28.8 Å². The summed E-state index contributed by atoms with van der Waals surface area (Å²) in [6.07, 6.45) is -0.333. The van der Waals surface area contributed by atoms with E-state index in [1.54, 1.807) is 50.2 Å². The summed E-state index contributed by atoms with van der Waals surface area (Å²) in [4.78, 5) is 77.0. The van der Waals surface area contributed by atoms with Crippen LogP contribution in [-0.4, -0.2) is 73.3 Å². The molecule has 1 heterocycles. The highest BCUT2D eigenvalue weighted by atomic mass is 16.5. The molecule has 0 bridgehead atoms. The van der Waals surface area contributed by atoms with Gasteiger partial charge in [0.2, 0.25) is 11.8 Å². The van der Waals surface area contributed by atoms with E-state index in [1.807, 2.05) is 0 Å². The van der Waals surface area contributed by atoms with Crippen molar-refractivity contribution in [3.05, 3.63) is 53.1 Å². The summed E-state index contributed by atoms with van der Waals surface area (Å²) in [5.41, 5.74) is 2.30. The van der Waals surface area contributed by atoms with Gasteiger partial charge in [0.1, 0.15) is 24.6 Å². The molecule has 206 valence electrons. The molecule has 0 saturated heterocycles. The van der Waals surface area contributed by atoms with Crippen molar-refractivity contribution in [3.8, 4) is 5.75 Å². The van der Waals surface area contributed by atoms with Gasteiger partial charge in [0.25, 0.3) is 11.8 Å². The number of aldehydes is 1. The molecule has 2 unspecified atom stereocenters. The molecule has 0 saturated carbocycles. The number of fused-ring (bicyclic) bond motifs is 1. The van der Waals surface area contributed by atoms with Crippen LogP contribution in [0.1, 0.15) is 34.8 Å². The van der Waals surface area contributed by atoms with Gasteiger partial charge >= 0.3 is 5.97 Å². The molecule has 4 amide bonds. The second kappa shape index (κ2) is 12.2. The highest BCUT2D eigenvalue weighted by Gasteiger charge is 2.37. The van der Waals surface area contributed by atoms with Crippen LogP contribution in [0.5, 0.6) is 5.75 Å². The summed E-state index contributed by atoms with van der Waals surface area (Å²) in [5.74, 6) is -3.07. The normalized spacial score (nSPS) is 15.5. The van der Waals surface area contributed by atoms with Crippen LogP contribution in [0.4, 0.5) is 11.4 Å². The van der Waals surface area contributed by atoms with Crippen molar-refractivity contribution in [2.45, 2.75) is 39.3 Å². The van der Waals surface area contributed by atoms with Crippen LogP contribution in [0.25, 0.3) is 0 Å². The van der Waals surface area contributed by atoms with Gasteiger partial charge in [0.05, 0.1) is 37.5 Å². The Labute approximate surface area is 224 Å². The average molecular weight is 539 g/mol. The van der Waals surface area contributed by atoms with Gasteiger partial charge in [-0.1, -0.05) is 12.1 Å². The van der Waals surface area contributed by atoms with Crippen molar-refractivity contribution in [1.29, 1.82) is 0 Å². The Morgan fingerprint density at radius 2 is 1.74 bits per heavy atom. The van der Waals surface area contributed by atoms with E-state index >= 15 is 0 Å². The first-order valence-corrected chi connectivity index (χ1v) is 12.1. The summed E-state index contributed by atoms with van der Waals surface area (Å²) in [6.45, 7) is 4.10. The fraction of sp³-hybridized carbons (Fsp3) is 0.333. The second-order valence-electron chi connectivity index (χ2n) is 9.12. The van der Waals surface area contributed by atoms with Gasteiger partial charge < -0.3 is 30.2 Å². The number of anilines is 2. The van der Waals surface area contributed by atoms with Crippen molar-refractivity contribution in [2.75, 3.05) is 30.0 Å². The monoisotopic (exact) mass is 538 g/mol. The molecule has 0 spiro atoms. The van der Waals surface area contributed by atoms with Crippen LogP contribution in [0.3, 0.4) is 0 Å². The Balaban J connectivity index is 1.96. The number of ether oxygens (including phenoxy) is 1. The van der Waals surface area contributed by atoms with E-state index < -0.39 is 48.7 Å². The summed E-state index contributed by atoms with van der Waals surface area (Å²) >= 11 is 0. The lowest BCUT2D eigenvalue weighted by Crippen LogP contribution is -2.54. The number of benzene rings is 2. The van der Waals surface area contributed by atoms with Gasteiger partial charge in [-0.15, -0.1) is 0 Å². The lowest BCUT2D eigenvalue weighted by Gasteiger charge is -2.25. The van der Waals surface area contributed by atoms with Crippen LogP contribution in [0, 0.1) is 13.8 Å². The molecule has 1 aliphatic heterocycles. The number of hydrogen-bond donors (Lipinski definition) is 3. The lowest BCUT2D eigenvalue weighted by atomic mass is 10.0. The van der Waals surface area contributed by atoms with Crippen molar-refractivity contribution < 1.29 is 38.6 Å². The maximum atomic E-state index is 13.8. The first kappa shape index (κ1) is 28.8. The number of methoxy groups -OCH3 is 1. The maximum absolute atomic E-state index is 13.8. The SMILES string of the molecule is COc1c(C)cc(C(=O)NC2CN(C(C)=O)c3ccccc3N(CC(=O)NC(C=O)CC(=O)O)C2=O)cc1C. The van der Waals surface area contributed by atoms with Crippen molar-refractivity contribution in [1.82, 2.24) is 10.6 Å². The number of aryl methyl sites for hydroxylation is 2. The van der Waals surface area contributed by atoms with Crippen LogP contribution in [0.2, 0.25) is 0 Å². The van der Waals surface area contributed by atoms with E-state index in [2.05, 4.69) is 10.6 Å². The molecule has 0 aromatic heterocycles. The Morgan fingerprint density at radius 1 is 1.13 bits per heavy atom. The van der Waals surface area contributed by atoms with Crippen molar-refractivity contribution >= 4 is 47.3 Å². The number of amides is 4. The minimum absolute atomic E-state index is 0.195. The fourth-order valence-electron chi connectivity index (χ4n) is 4.52. The quantitative estimate of drug-likeness (QED) is 0.398. The summed E-state index contributed by atoms with van der Waals surface area (Å²) in [6, 6.07) is 7.15. The van der Waals surface area contributed by atoms with E-state index in [1.165, 1.54) is 18.9 Å². The number of hydrogen-bond acceptors (Lipinski definition) is 7. The molecule has 12 heteroatoms. The number of aliphatic carboxylic acids is 1. The molecule has 39 heavy (non-hydrogen) atoms.